The molecule has 0 amide bonds. The van der Waals surface area contributed by atoms with Gasteiger partial charge in [0.1, 0.15) is 4.88 Å². The van der Waals surface area contributed by atoms with Crippen molar-refractivity contribution in [3.05, 3.63) is 76.5 Å². The number of benzene rings is 2. The number of carboxylic acids is 1. The summed E-state index contributed by atoms with van der Waals surface area (Å²) in [5.41, 5.74) is 3.27. The standard InChI is InChI=1S/C23H24N2O4S2/c26-23(27)22-21(11-14-30-22)18-7-4-8-20(15-18)24-19-9-12-25(13-10-19)31(28,29)16-17-5-2-1-3-6-17/h1-8,11,14-15,19,24H,9-10,12-13,16H2,(H,26,27). The predicted octanol–water partition coefficient (Wildman–Crippen LogP) is 4.52. The maximum Gasteiger partial charge on any atom is 0.346 e. The molecule has 162 valence electrons. The van der Waals surface area contributed by atoms with Gasteiger partial charge >= 0.3 is 5.97 Å². The van der Waals surface area contributed by atoms with E-state index in [9.17, 15) is 18.3 Å². The number of carbonyl (C=O) groups is 1. The first-order valence-electron chi connectivity index (χ1n) is 10.1. The summed E-state index contributed by atoms with van der Waals surface area (Å²) in [7, 11) is -3.33. The van der Waals surface area contributed by atoms with E-state index in [1.165, 1.54) is 11.3 Å². The van der Waals surface area contributed by atoms with Gasteiger partial charge in [0.15, 0.2) is 0 Å². The number of anilines is 1. The molecule has 1 saturated heterocycles. The highest BCUT2D eigenvalue weighted by atomic mass is 32.2. The van der Waals surface area contributed by atoms with Gasteiger partial charge in [0.05, 0.1) is 5.75 Å². The van der Waals surface area contributed by atoms with Gasteiger partial charge in [-0.25, -0.2) is 17.5 Å². The highest BCUT2D eigenvalue weighted by molar-refractivity contribution is 7.88. The summed E-state index contributed by atoms with van der Waals surface area (Å²) in [5, 5.41) is 14.6. The van der Waals surface area contributed by atoms with Crippen molar-refractivity contribution in [2.24, 2.45) is 0 Å². The van der Waals surface area contributed by atoms with E-state index in [1.807, 2.05) is 60.7 Å². The van der Waals surface area contributed by atoms with Crippen molar-refractivity contribution in [1.82, 2.24) is 4.31 Å². The molecule has 3 aromatic rings. The Morgan fingerprint density at radius 1 is 1.06 bits per heavy atom. The summed E-state index contributed by atoms with van der Waals surface area (Å²) >= 11 is 1.21. The third-order valence-electron chi connectivity index (χ3n) is 5.44. The van der Waals surface area contributed by atoms with Crippen LogP contribution in [0.4, 0.5) is 5.69 Å². The number of nitrogens with zero attached hydrogens (tertiary/aromatic N) is 1. The van der Waals surface area contributed by atoms with Crippen LogP contribution in [0, 0.1) is 0 Å². The molecule has 0 bridgehead atoms. The van der Waals surface area contributed by atoms with E-state index in [4.69, 9.17) is 0 Å². The van der Waals surface area contributed by atoms with Crippen LogP contribution in [0.2, 0.25) is 0 Å². The van der Waals surface area contributed by atoms with E-state index in [-0.39, 0.29) is 11.8 Å². The maximum absolute atomic E-state index is 12.7. The Labute approximate surface area is 186 Å². The zero-order chi connectivity index (χ0) is 21.8. The van der Waals surface area contributed by atoms with E-state index in [0.29, 0.717) is 23.5 Å². The van der Waals surface area contributed by atoms with Crippen molar-refractivity contribution >= 4 is 33.0 Å². The van der Waals surface area contributed by atoms with E-state index in [0.717, 1.165) is 29.7 Å². The van der Waals surface area contributed by atoms with E-state index >= 15 is 0 Å². The third-order valence-corrected chi connectivity index (χ3v) is 8.20. The van der Waals surface area contributed by atoms with Gasteiger partial charge in [0.2, 0.25) is 10.0 Å². The lowest BCUT2D eigenvalue weighted by atomic mass is 10.0. The van der Waals surface area contributed by atoms with Gasteiger partial charge in [0, 0.05) is 30.4 Å². The average Bonchev–Trinajstić information content (AvgIpc) is 3.25. The molecule has 4 rings (SSSR count). The Bertz CT molecular complexity index is 1150. The van der Waals surface area contributed by atoms with Crippen LogP contribution in [0.5, 0.6) is 0 Å². The molecule has 6 nitrogen and oxygen atoms in total. The lowest BCUT2D eigenvalue weighted by Gasteiger charge is -2.32. The van der Waals surface area contributed by atoms with Crippen molar-refractivity contribution in [2.45, 2.75) is 24.6 Å². The summed E-state index contributed by atoms with van der Waals surface area (Å²) in [5.74, 6) is -0.895. The van der Waals surface area contributed by atoms with E-state index < -0.39 is 16.0 Å². The highest BCUT2D eigenvalue weighted by Crippen LogP contribution is 2.30. The van der Waals surface area contributed by atoms with Crippen molar-refractivity contribution in [3.8, 4) is 11.1 Å². The first kappa shape index (κ1) is 21.5. The normalized spacial score (nSPS) is 15.6. The summed E-state index contributed by atoms with van der Waals surface area (Å²) in [6, 6.07) is 19.0. The minimum absolute atomic E-state index is 0.0283. The molecule has 0 unspecified atom stereocenters. The number of rotatable bonds is 7. The van der Waals surface area contributed by atoms with Crippen molar-refractivity contribution < 1.29 is 18.3 Å². The molecule has 0 radical (unpaired) electrons. The fourth-order valence-electron chi connectivity index (χ4n) is 3.87. The molecule has 0 spiro atoms. The van der Waals surface area contributed by atoms with Crippen LogP contribution in [0.3, 0.4) is 0 Å². The van der Waals surface area contributed by atoms with Gasteiger partial charge in [0.25, 0.3) is 0 Å². The Kier molecular flexibility index (Phi) is 6.41. The SMILES string of the molecule is O=C(O)c1sccc1-c1cccc(NC2CCN(S(=O)(=O)Cc3ccccc3)CC2)c1. The van der Waals surface area contributed by atoms with Crippen molar-refractivity contribution in [3.63, 3.8) is 0 Å². The Hall–Kier alpha value is -2.68. The average molecular weight is 457 g/mol. The lowest BCUT2D eigenvalue weighted by molar-refractivity contribution is 0.0703. The van der Waals surface area contributed by atoms with Crippen LogP contribution in [0.25, 0.3) is 11.1 Å². The number of sulfonamides is 1. The Morgan fingerprint density at radius 2 is 1.81 bits per heavy atom. The molecule has 0 atom stereocenters. The van der Waals surface area contributed by atoms with Gasteiger partial charge in [-0.1, -0.05) is 42.5 Å². The quantitative estimate of drug-likeness (QED) is 0.546. The maximum atomic E-state index is 12.7. The molecule has 0 aliphatic carbocycles. The molecule has 1 aliphatic heterocycles. The van der Waals surface area contributed by atoms with Crippen LogP contribution < -0.4 is 5.32 Å². The minimum atomic E-state index is -3.33. The topological polar surface area (TPSA) is 86.7 Å². The molecule has 1 aromatic heterocycles. The second-order valence-corrected chi connectivity index (χ2v) is 10.5. The predicted molar refractivity (Wildman–Crippen MR) is 124 cm³/mol. The summed E-state index contributed by atoms with van der Waals surface area (Å²) in [4.78, 5) is 11.8. The molecule has 2 N–H and O–H groups in total. The smallest absolute Gasteiger partial charge is 0.346 e. The molecular weight excluding hydrogens is 432 g/mol. The molecular formula is C23H24N2O4S2. The van der Waals surface area contributed by atoms with Gasteiger partial charge in [-0.15, -0.1) is 11.3 Å². The van der Waals surface area contributed by atoms with Gasteiger partial charge < -0.3 is 10.4 Å². The Morgan fingerprint density at radius 3 is 2.52 bits per heavy atom. The van der Waals surface area contributed by atoms with Crippen molar-refractivity contribution in [2.75, 3.05) is 18.4 Å². The number of aromatic carboxylic acids is 1. The monoisotopic (exact) mass is 456 g/mol. The minimum Gasteiger partial charge on any atom is -0.477 e. The van der Waals surface area contributed by atoms with Gasteiger partial charge in [-0.2, -0.15) is 0 Å². The number of thiophene rings is 1. The molecule has 2 heterocycles. The van der Waals surface area contributed by atoms with Crippen molar-refractivity contribution in [1.29, 1.82) is 0 Å². The van der Waals surface area contributed by atoms with Crippen LogP contribution in [-0.4, -0.2) is 42.9 Å². The van der Waals surface area contributed by atoms with Crippen LogP contribution in [-0.2, 0) is 15.8 Å². The molecule has 2 aromatic carbocycles. The molecule has 1 fully saturated rings. The van der Waals surface area contributed by atoms with Crippen LogP contribution in [0.1, 0.15) is 28.1 Å². The first-order chi connectivity index (χ1) is 14.9. The lowest BCUT2D eigenvalue weighted by Crippen LogP contribution is -2.42. The number of hydrogen-bond acceptors (Lipinski definition) is 5. The number of carboxylic acid groups (broad SMARTS) is 1. The second kappa shape index (κ2) is 9.21. The van der Waals surface area contributed by atoms with Crippen LogP contribution in [0.15, 0.2) is 66.0 Å². The zero-order valence-electron chi connectivity index (χ0n) is 16.9. The fraction of sp³-hybridized carbons (Fsp3) is 0.261. The Balaban J connectivity index is 1.38. The first-order valence-corrected chi connectivity index (χ1v) is 12.6. The number of nitrogens with one attached hydrogen (secondary N) is 1. The van der Waals surface area contributed by atoms with E-state index in [1.54, 1.807) is 9.69 Å². The second-order valence-electron chi connectivity index (χ2n) is 7.61. The molecule has 31 heavy (non-hydrogen) atoms. The largest absolute Gasteiger partial charge is 0.477 e. The zero-order valence-corrected chi connectivity index (χ0v) is 18.5. The summed E-state index contributed by atoms with van der Waals surface area (Å²) in [6.45, 7) is 0.973. The van der Waals surface area contributed by atoms with E-state index in [2.05, 4.69) is 5.32 Å². The molecule has 1 aliphatic rings. The molecule has 8 heteroatoms. The summed E-state index contributed by atoms with van der Waals surface area (Å²) < 4.78 is 27.1. The highest BCUT2D eigenvalue weighted by Gasteiger charge is 2.28. The third kappa shape index (κ3) is 5.15. The molecule has 0 saturated carbocycles. The summed E-state index contributed by atoms with van der Waals surface area (Å²) in [6.07, 6.45) is 1.44. The van der Waals surface area contributed by atoms with Gasteiger partial charge in [-0.3, -0.25) is 0 Å². The number of hydrogen-bond donors (Lipinski definition) is 2. The number of piperidine rings is 1. The van der Waals surface area contributed by atoms with Crippen LogP contribution >= 0.6 is 11.3 Å². The fourth-order valence-corrected chi connectivity index (χ4v) is 6.19. The van der Waals surface area contributed by atoms with Gasteiger partial charge in [-0.05, 0) is 47.5 Å².